The van der Waals surface area contributed by atoms with E-state index in [0.29, 0.717) is 18.4 Å². The third-order valence-corrected chi connectivity index (χ3v) is 5.09. The Hall–Kier alpha value is -2.18. The molecule has 0 bridgehead atoms. The van der Waals surface area contributed by atoms with Crippen molar-refractivity contribution >= 4 is 23.1 Å². The standard InChI is InChI=1S/C19H20ClFN4O/c1-12(14-3-5-15(21)6-4-14)18-13(2)23-25-17(11-16(20)22-19(18)25)24-7-9-26-10-8-24/h3-6,11-12H,7-10H2,1-2H3/t12-/m0/s1. The molecule has 0 radical (unpaired) electrons. The average Bonchev–Trinajstić information content (AvgIpc) is 2.97. The van der Waals surface area contributed by atoms with Crippen molar-refractivity contribution < 1.29 is 9.13 Å². The Balaban J connectivity index is 1.84. The van der Waals surface area contributed by atoms with Gasteiger partial charge in [-0.25, -0.2) is 9.37 Å². The van der Waals surface area contributed by atoms with Gasteiger partial charge in [0, 0.05) is 30.6 Å². The predicted octanol–water partition coefficient (Wildman–Crippen LogP) is 3.82. The predicted molar refractivity (Wildman–Crippen MR) is 99.7 cm³/mol. The number of fused-ring (bicyclic) bond motifs is 1. The van der Waals surface area contributed by atoms with E-state index >= 15 is 0 Å². The monoisotopic (exact) mass is 374 g/mol. The van der Waals surface area contributed by atoms with Crippen LogP contribution in [0.3, 0.4) is 0 Å². The highest BCUT2D eigenvalue weighted by Gasteiger charge is 2.23. The van der Waals surface area contributed by atoms with E-state index in [4.69, 9.17) is 21.4 Å². The maximum Gasteiger partial charge on any atom is 0.163 e. The van der Waals surface area contributed by atoms with Crippen LogP contribution in [0.25, 0.3) is 5.65 Å². The van der Waals surface area contributed by atoms with E-state index in [1.54, 1.807) is 12.1 Å². The summed E-state index contributed by atoms with van der Waals surface area (Å²) in [5.41, 5.74) is 3.66. The van der Waals surface area contributed by atoms with E-state index in [1.165, 1.54) is 12.1 Å². The molecule has 4 rings (SSSR count). The highest BCUT2D eigenvalue weighted by atomic mass is 35.5. The maximum absolute atomic E-state index is 13.3. The second-order valence-corrected chi connectivity index (χ2v) is 6.93. The van der Waals surface area contributed by atoms with E-state index in [9.17, 15) is 4.39 Å². The van der Waals surface area contributed by atoms with Crippen molar-refractivity contribution in [3.63, 3.8) is 0 Å². The Bertz CT molecular complexity index is 935. The van der Waals surface area contributed by atoms with Crippen molar-refractivity contribution in [3.05, 3.63) is 58.1 Å². The first-order valence-electron chi connectivity index (χ1n) is 8.68. The van der Waals surface area contributed by atoms with Gasteiger partial charge >= 0.3 is 0 Å². The lowest BCUT2D eigenvalue weighted by Crippen LogP contribution is -2.37. The van der Waals surface area contributed by atoms with Crippen molar-refractivity contribution in [2.75, 3.05) is 31.2 Å². The SMILES string of the molecule is Cc1nn2c(N3CCOCC3)cc(Cl)nc2c1[C@@H](C)c1ccc(F)cc1. The number of anilines is 1. The van der Waals surface area contributed by atoms with Gasteiger partial charge in [-0.1, -0.05) is 30.7 Å². The molecule has 2 aromatic heterocycles. The highest BCUT2D eigenvalue weighted by Crippen LogP contribution is 2.32. The molecule has 3 aromatic rings. The van der Waals surface area contributed by atoms with E-state index in [-0.39, 0.29) is 11.7 Å². The Labute approximate surface area is 156 Å². The van der Waals surface area contributed by atoms with Crippen LogP contribution in [-0.2, 0) is 4.74 Å². The van der Waals surface area contributed by atoms with Crippen molar-refractivity contribution in [3.8, 4) is 0 Å². The first-order chi connectivity index (χ1) is 12.5. The molecule has 3 heterocycles. The third-order valence-electron chi connectivity index (χ3n) is 4.90. The molecule has 7 heteroatoms. The number of rotatable bonds is 3. The molecule has 1 aliphatic rings. The van der Waals surface area contributed by atoms with E-state index in [0.717, 1.165) is 41.4 Å². The number of halogens is 2. The fourth-order valence-corrected chi connectivity index (χ4v) is 3.72. The first-order valence-corrected chi connectivity index (χ1v) is 9.06. The smallest absolute Gasteiger partial charge is 0.163 e. The molecule has 5 nitrogen and oxygen atoms in total. The molecule has 136 valence electrons. The van der Waals surface area contributed by atoms with Crippen LogP contribution in [0, 0.1) is 12.7 Å². The quantitative estimate of drug-likeness (QED) is 0.654. The summed E-state index contributed by atoms with van der Waals surface area (Å²) >= 11 is 6.34. The summed E-state index contributed by atoms with van der Waals surface area (Å²) in [6, 6.07) is 8.41. The number of hydrogen-bond acceptors (Lipinski definition) is 4. The van der Waals surface area contributed by atoms with Gasteiger partial charge in [-0.2, -0.15) is 9.61 Å². The maximum atomic E-state index is 13.3. The molecule has 0 aliphatic carbocycles. The largest absolute Gasteiger partial charge is 0.378 e. The van der Waals surface area contributed by atoms with Gasteiger partial charge in [0.2, 0.25) is 0 Å². The summed E-state index contributed by atoms with van der Waals surface area (Å²) in [5.74, 6) is 0.703. The number of aryl methyl sites for hydroxylation is 1. The zero-order valence-electron chi connectivity index (χ0n) is 14.7. The number of nitrogens with zero attached hydrogens (tertiary/aromatic N) is 4. The minimum absolute atomic E-state index is 0.0246. The van der Waals surface area contributed by atoms with Crippen LogP contribution in [-0.4, -0.2) is 40.9 Å². The summed E-state index contributed by atoms with van der Waals surface area (Å²) in [5, 5.41) is 5.17. The molecule has 26 heavy (non-hydrogen) atoms. The number of hydrogen-bond donors (Lipinski definition) is 0. The number of ether oxygens (including phenoxy) is 1. The summed E-state index contributed by atoms with van der Waals surface area (Å²) in [7, 11) is 0. The lowest BCUT2D eigenvalue weighted by Gasteiger charge is -2.28. The summed E-state index contributed by atoms with van der Waals surface area (Å²) in [6.45, 7) is 6.99. The molecule has 0 spiro atoms. The van der Waals surface area contributed by atoms with Gasteiger partial charge in [0.15, 0.2) is 5.65 Å². The number of benzene rings is 1. The van der Waals surface area contributed by atoms with Gasteiger partial charge < -0.3 is 9.64 Å². The van der Waals surface area contributed by atoms with Crippen LogP contribution in [0.1, 0.15) is 29.7 Å². The van der Waals surface area contributed by atoms with Gasteiger partial charge in [-0.15, -0.1) is 0 Å². The molecule has 1 fully saturated rings. The Morgan fingerprint density at radius 1 is 1.19 bits per heavy atom. The second kappa shape index (κ2) is 6.85. The number of aromatic nitrogens is 3. The van der Waals surface area contributed by atoms with E-state index < -0.39 is 0 Å². The topological polar surface area (TPSA) is 42.7 Å². The van der Waals surface area contributed by atoms with Crippen molar-refractivity contribution in [2.45, 2.75) is 19.8 Å². The van der Waals surface area contributed by atoms with Crippen molar-refractivity contribution in [2.24, 2.45) is 0 Å². The van der Waals surface area contributed by atoms with Crippen LogP contribution >= 0.6 is 11.6 Å². The molecule has 1 aliphatic heterocycles. The Morgan fingerprint density at radius 3 is 2.58 bits per heavy atom. The van der Waals surface area contributed by atoms with E-state index in [2.05, 4.69) is 16.8 Å². The molecule has 1 aromatic carbocycles. The van der Waals surface area contributed by atoms with Crippen LogP contribution in [0.15, 0.2) is 30.3 Å². The second-order valence-electron chi connectivity index (χ2n) is 6.54. The molecule has 0 N–H and O–H groups in total. The normalized spacial score (nSPS) is 16.2. The van der Waals surface area contributed by atoms with Crippen molar-refractivity contribution in [1.29, 1.82) is 0 Å². The fraction of sp³-hybridized carbons (Fsp3) is 0.368. The molecule has 1 saturated heterocycles. The molecular weight excluding hydrogens is 355 g/mol. The van der Waals surface area contributed by atoms with Gasteiger partial charge in [0.1, 0.15) is 16.8 Å². The average molecular weight is 375 g/mol. The zero-order valence-corrected chi connectivity index (χ0v) is 15.5. The minimum atomic E-state index is -0.242. The molecule has 1 atom stereocenters. The molecule has 0 saturated carbocycles. The Morgan fingerprint density at radius 2 is 1.88 bits per heavy atom. The summed E-state index contributed by atoms with van der Waals surface area (Å²) in [4.78, 5) is 6.76. The lowest BCUT2D eigenvalue weighted by molar-refractivity contribution is 0.122. The summed E-state index contributed by atoms with van der Waals surface area (Å²) in [6.07, 6.45) is 0. The fourth-order valence-electron chi connectivity index (χ4n) is 3.54. The van der Waals surface area contributed by atoms with Gasteiger partial charge in [0.25, 0.3) is 0 Å². The van der Waals surface area contributed by atoms with Gasteiger partial charge in [-0.3, -0.25) is 0 Å². The highest BCUT2D eigenvalue weighted by molar-refractivity contribution is 6.29. The van der Waals surface area contributed by atoms with Crippen LogP contribution < -0.4 is 4.90 Å². The summed E-state index contributed by atoms with van der Waals surface area (Å²) < 4.78 is 20.6. The van der Waals surface area contributed by atoms with Gasteiger partial charge in [0.05, 0.1) is 18.9 Å². The molecule has 0 unspecified atom stereocenters. The van der Waals surface area contributed by atoms with Crippen LogP contribution in [0.4, 0.5) is 10.2 Å². The van der Waals surface area contributed by atoms with E-state index in [1.807, 2.05) is 17.5 Å². The minimum Gasteiger partial charge on any atom is -0.378 e. The zero-order chi connectivity index (χ0) is 18.3. The first kappa shape index (κ1) is 17.2. The van der Waals surface area contributed by atoms with Gasteiger partial charge in [-0.05, 0) is 24.6 Å². The molecular formula is C19H20ClFN4O. The molecule has 0 amide bonds. The van der Waals surface area contributed by atoms with Crippen molar-refractivity contribution in [1.82, 2.24) is 14.6 Å². The van der Waals surface area contributed by atoms with Crippen LogP contribution in [0.2, 0.25) is 5.15 Å². The lowest BCUT2D eigenvalue weighted by atomic mass is 9.93. The Kier molecular flexibility index (Phi) is 4.54. The van der Waals surface area contributed by atoms with Crippen LogP contribution in [0.5, 0.6) is 0 Å². The third kappa shape index (κ3) is 3.04. The number of morpholine rings is 1.